The molecule has 1 unspecified atom stereocenters. The summed E-state index contributed by atoms with van der Waals surface area (Å²) in [7, 11) is 0. The van der Waals surface area contributed by atoms with Crippen molar-refractivity contribution >= 4 is 28.7 Å². The average Bonchev–Trinajstić information content (AvgIpc) is 3.24. The van der Waals surface area contributed by atoms with Gasteiger partial charge in [-0.05, 0) is 38.3 Å². The average molecular weight is 409 g/mol. The van der Waals surface area contributed by atoms with Crippen molar-refractivity contribution in [2.24, 2.45) is 5.92 Å². The third-order valence-electron chi connectivity index (χ3n) is 5.29. The lowest BCUT2D eigenvalue weighted by molar-refractivity contribution is -0.134. The van der Waals surface area contributed by atoms with Crippen LogP contribution in [0.4, 0.5) is 0 Å². The fraction of sp³-hybridized carbons (Fsp3) is 0.273. The fourth-order valence-electron chi connectivity index (χ4n) is 3.78. The molecule has 3 heterocycles. The van der Waals surface area contributed by atoms with Gasteiger partial charge >= 0.3 is 11.9 Å². The number of para-hydroxylation sites is 1. The molecule has 0 fully saturated rings. The van der Waals surface area contributed by atoms with Gasteiger partial charge in [-0.15, -0.1) is 0 Å². The van der Waals surface area contributed by atoms with E-state index in [4.69, 9.17) is 10.2 Å². The van der Waals surface area contributed by atoms with Crippen LogP contribution in [0.2, 0.25) is 0 Å². The Kier molecular flexibility index (Phi) is 6.15. The smallest absolute Gasteiger partial charge is 0.328 e. The number of benzene rings is 1. The molecule has 1 aromatic carbocycles. The van der Waals surface area contributed by atoms with Gasteiger partial charge in [0, 0.05) is 41.3 Å². The van der Waals surface area contributed by atoms with Crippen LogP contribution in [0.25, 0.3) is 10.9 Å². The first-order valence-corrected chi connectivity index (χ1v) is 9.55. The van der Waals surface area contributed by atoms with E-state index in [9.17, 15) is 14.4 Å². The quantitative estimate of drug-likeness (QED) is 0.569. The zero-order chi connectivity index (χ0) is 21.8. The van der Waals surface area contributed by atoms with Crippen LogP contribution >= 0.6 is 0 Å². The Bertz CT molecular complexity index is 1120. The van der Waals surface area contributed by atoms with Gasteiger partial charge in [0.2, 0.25) is 5.91 Å². The summed E-state index contributed by atoms with van der Waals surface area (Å²) in [5.74, 6) is -2.28. The highest BCUT2D eigenvalue weighted by molar-refractivity contribution is 5.97. The SMILES string of the molecule is Cc1[nH]cnc1CC1CCc2c(C)c3ccccc3n2C1=O.O=C(O)/C=C\C(=O)O. The summed E-state index contributed by atoms with van der Waals surface area (Å²) in [4.78, 5) is 39.6. The molecule has 3 N–H and O–H groups in total. The second-order valence-corrected chi connectivity index (χ2v) is 7.19. The molecule has 1 aliphatic rings. The lowest BCUT2D eigenvalue weighted by Gasteiger charge is -2.23. The molecule has 8 heteroatoms. The first-order chi connectivity index (χ1) is 14.3. The molecule has 0 saturated heterocycles. The molecule has 0 amide bonds. The minimum atomic E-state index is -1.26. The number of imidazole rings is 1. The molecule has 8 nitrogen and oxygen atoms in total. The topological polar surface area (TPSA) is 125 Å². The summed E-state index contributed by atoms with van der Waals surface area (Å²) in [5, 5.41) is 16.8. The number of aromatic nitrogens is 3. The maximum absolute atomic E-state index is 13.0. The predicted molar refractivity (Wildman–Crippen MR) is 111 cm³/mol. The number of carbonyl (C=O) groups is 3. The van der Waals surface area contributed by atoms with E-state index in [1.54, 1.807) is 6.33 Å². The predicted octanol–water partition coefficient (Wildman–Crippen LogP) is 3.14. The van der Waals surface area contributed by atoms with E-state index < -0.39 is 11.9 Å². The highest BCUT2D eigenvalue weighted by atomic mass is 16.4. The largest absolute Gasteiger partial charge is 0.478 e. The molecule has 0 saturated carbocycles. The standard InChI is InChI=1S/C18H19N3O.C4H4O4/c1-11-14-5-3-4-6-17(14)21-16(11)8-7-13(18(21)22)9-15-12(2)19-10-20-15;5-3(6)1-2-4(7)8/h3-6,10,13H,7-9H2,1-2H3,(H,19,20);1-2H,(H,5,6)(H,7,8)/b;2-1-. The summed E-state index contributed by atoms with van der Waals surface area (Å²) in [6.07, 6.45) is 5.41. The van der Waals surface area contributed by atoms with E-state index in [2.05, 4.69) is 23.0 Å². The van der Waals surface area contributed by atoms with Crippen LogP contribution in [0.5, 0.6) is 0 Å². The lowest BCUT2D eigenvalue weighted by Crippen LogP contribution is -2.30. The van der Waals surface area contributed by atoms with Gasteiger partial charge in [0.05, 0.1) is 17.5 Å². The number of carboxylic acid groups (broad SMARTS) is 2. The highest BCUT2D eigenvalue weighted by Gasteiger charge is 2.31. The Morgan fingerprint density at radius 2 is 1.87 bits per heavy atom. The van der Waals surface area contributed by atoms with Gasteiger partial charge in [0.1, 0.15) is 0 Å². The maximum Gasteiger partial charge on any atom is 0.328 e. The van der Waals surface area contributed by atoms with Crippen LogP contribution < -0.4 is 0 Å². The van der Waals surface area contributed by atoms with E-state index in [-0.39, 0.29) is 11.8 Å². The number of rotatable bonds is 4. The van der Waals surface area contributed by atoms with Gasteiger partial charge in [-0.3, -0.25) is 9.36 Å². The van der Waals surface area contributed by atoms with E-state index in [0.717, 1.165) is 36.2 Å². The number of carbonyl (C=O) groups excluding carboxylic acids is 1. The molecule has 0 aliphatic carbocycles. The molecular formula is C22H23N3O5. The molecule has 1 aliphatic heterocycles. The van der Waals surface area contributed by atoms with Crippen LogP contribution in [0, 0.1) is 19.8 Å². The van der Waals surface area contributed by atoms with E-state index in [0.29, 0.717) is 12.2 Å². The second-order valence-electron chi connectivity index (χ2n) is 7.19. The molecule has 30 heavy (non-hydrogen) atoms. The van der Waals surface area contributed by atoms with Crippen molar-refractivity contribution in [2.75, 3.05) is 0 Å². The Labute approximate surface area is 172 Å². The monoisotopic (exact) mass is 409 g/mol. The first-order valence-electron chi connectivity index (χ1n) is 9.55. The summed E-state index contributed by atoms with van der Waals surface area (Å²) in [5.41, 5.74) is 5.55. The fourth-order valence-corrected chi connectivity index (χ4v) is 3.78. The number of H-pyrrole nitrogens is 1. The van der Waals surface area contributed by atoms with E-state index >= 15 is 0 Å². The number of aliphatic carboxylic acids is 2. The van der Waals surface area contributed by atoms with Crippen molar-refractivity contribution < 1.29 is 24.6 Å². The number of aromatic amines is 1. The van der Waals surface area contributed by atoms with E-state index in [1.165, 1.54) is 16.6 Å². The number of fused-ring (bicyclic) bond motifs is 3. The molecule has 156 valence electrons. The highest BCUT2D eigenvalue weighted by Crippen LogP contribution is 2.33. The van der Waals surface area contributed by atoms with Crippen molar-refractivity contribution in [1.82, 2.24) is 14.5 Å². The van der Waals surface area contributed by atoms with Gasteiger partial charge in [-0.1, -0.05) is 18.2 Å². The maximum atomic E-state index is 13.0. The van der Waals surface area contributed by atoms with Crippen molar-refractivity contribution in [3.05, 3.63) is 65.4 Å². The Hall–Kier alpha value is -3.68. The molecule has 0 bridgehead atoms. The molecular weight excluding hydrogens is 386 g/mol. The van der Waals surface area contributed by atoms with Gasteiger partial charge < -0.3 is 15.2 Å². The summed E-state index contributed by atoms with van der Waals surface area (Å²) >= 11 is 0. The van der Waals surface area contributed by atoms with Gasteiger partial charge in [0.15, 0.2) is 0 Å². The van der Waals surface area contributed by atoms with Crippen molar-refractivity contribution in [3.63, 3.8) is 0 Å². The summed E-state index contributed by atoms with van der Waals surface area (Å²) < 4.78 is 1.95. The van der Waals surface area contributed by atoms with Crippen LogP contribution in [-0.4, -0.2) is 42.6 Å². The zero-order valence-corrected chi connectivity index (χ0v) is 16.8. The third kappa shape index (κ3) is 4.32. The molecule has 3 aromatic rings. The van der Waals surface area contributed by atoms with Crippen molar-refractivity contribution in [3.8, 4) is 0 Å². The van der Waals surface area contributed by atoms with Crippen LogP contribution in [0.15, 0.2) is 42.7 Å². The molecule has 0 spiro atoms. The normalized spacial score (nSPS) is 15.7. The Balaban J connectivity index is 0.000000275. The minimum Gasteiger partial charge on any atom is -0.478 e. The summed E-state index contributed by atoms with van der Waals surface area (Å²) in [6, 6.07) is 8.20. The minimum absolute atomic E-state index is 0.0182. The summed E-state index contributed by atoms with van der Waals surface area (Å²) in [6.45, 7) is 4.13. The number of hydrogen-bond donors (Lipinski definition) is 3. The van der Waals surface area contributed by atoms with Crippen LogP contribution in [-0.2, 0) is 22.4 Å². The third-order valence-corrected chi connectivity index (χ3v) is 5.29. The van der Waals surface area contributed by atoms with Crippen LogP contribution in [0.1, 0.15) is 33.9 Å². The molecule has 2 aromatic heterocycles. The van der Waals surface area contributed by atoms with Gasteiger partial charge in [-0.25, -0.2) is 14.6 Å². The first kappa shape index (κ1) is 21.0. The lowest BCUT2D eigenvalue weighted by atomic mass is 9.91. The Morgan fingerprint density at radius 3 is 2.47 bits per heavy atom. The number of nitrogens with one attached hydrogen (secondary N) is 1. The van der Waals surface area contributed by atoms with Gasteiger partial charge in [-0.2, -0.15) is 0 Å². The molecule has 1 atom stereocenters. The number of hydrogen-bond acceptors (Lipinski definition) is 4. The number of carboxylic acids is 2. The second kappa shape index (κ2) is 8.77. The van der Waals surface area contributed by atoms with Crippen LogP contribution in [0.3, 0.4) is 0 Å². The van der Waals surface area contributed by atoms with E-state index in [1.807, 2.05) is 29.7 Å². The number of aryl methyl sites for hydroxylation is 2. The zero-order valence-electron chi connectivity index (χ0n) is 16.8. The Morgan fingerprint density at radius 1 is 1.20 bits per heavy atom. The number of nitrogens with zero attached hydrogens (tertiary/aromatic N) is 2. The molecule has 0 radical (unpaired) electrons. The van der Waals surface area contributed by atoms with Gasteiger partial charge in [0.25, 0.3) is 0 Å². The molecule has 4 rings (SSSR count). The van der Waals surface area contributed by atoms with Crippen molar-refractivity contribution in [2.45, 2.75) is 33.1 Å². The van der Waals surface area contributed by atoms with Crippen molar-refractivity contribution in [1.29, 1.82) is 0 Å².